The molecule has 1 aromatic heterocycles. The van der Waals surface area contributed by atoms with E-state index in [4.69, 9.17) is 11.6 Å². The molecule has 3 aromatic rings. The van der Waals surface area contributed by atoms with Crippen molar-refractivity contribution in [3.8, 4) is 0 Å². The van der Waals surface area contributed by atoms with E-state index in [2.05, 4.69) is 47.2 Å². The van der Waals surface area contributed by atoms with Gasteiger partial charge in [0.2, 0.25) is 0 Å². The van der Waals surface area contributed by atoms with E-state index < -0.39 is 0 Å². The predicted molar refractivity (Wildman–Crippen MR) is 79.8 cm³/mol. The lowest BCUT2D eigenvalue weighted by molar-refractivity contribution is 0.519. The Morgan fingerprint density at radius 3 is 2.89 bits per heavy atom. The van der Waals surface area contributed by atoms with Gasteiger partial charge in [0.05, 0.1) is 0 Å². The Bertz CT molecular complexity index is 757. The van der Waals surface area contributed by atoms with Crippen LogP contribution in [-0.4, -0.2) is 4.57 Å². The molecule has 0 spiro atoms. The first-order chi connectivity index (χ1) is 9.31. The molecular weight excluding hydrogens is 254 g/mol. The normalized spacial score (nSPS) is 17.2. The van der Waals surface area contributed by atoms with Crippen LogP contribution < -0.4 is 0 Å². The molecule has 0 amide bonds. The highest BCUT2D eigenvalue weighted by molar-refractivity contribution is 6.31. The second-order valence-electron chi connectivity index (χ2n) is 5.27. The molecule has 0 N–H and O–H groups in total. The van der Waals surface area contributed by atoms with Crippen molar-refractivity contribution in [2.45, 2.75) is 18.9 Å². The lowest BCUT2D eigenvalue weighted by Crippen LogP contribution is -2.21. The number of halogens is 1. The molecule has 0 radical (unpaired) electrons. The van der Waals surface area contributed by atoms with Crippen LogP contribution in [0.3, 0.4) is 0 Å². The second kappa shape index (κ2) is 4.14. The summed E-state index contributed by atoms with van der Waals surface area (Å²) in [6.07, 6.45) is 3.37. The molecule has 0 aliphatic heterocycles. The fourth-order valence-corrected chi connectivity index (χ4v) is 3.27. The molecular formula is C17H14ClN. The van der Waals surface area contributed by atoms with Crippen molar-refractivity contribution in [2.75, 3.05) is 0 Å². The van der Waals surface area contributed by atoms with Crippen molar-refractivity contribution in [3.05, 3.63) is 70.9 Å². The maximum atomic E-state index is 6.03. The van der Waals surface area contributed by atoms with Crippen molar-refractivity contribution in [1.82, 2.24) is 4.57 Å². The highest BCUT2D eigenvalue weighted by Gasteiger charge is 2.25. The van der Waals surface area contributed by atoms with E-state index in [9.17, 15) is 0 Å². The van der Waals surface area contributed by atoms with E-state index in [1.54, 1.807) is 0 Å². The van der Waals surface area contributed by atoms with Gasteiger partial charge in [-0.2, -0.15) is 0 Å². The number of aromatic nitrogens is 1. The lowest BCUT2D eigenvalue weighted by atomic mass is 9.77. The van der Waals surface area contributed by atoms with E-state index in [1.165, 1.54) is 28.5 Å². The molecule has 1 nitrogen and oxygen atoms in total. The first-order valence-corrected chi connectivity index (χ1v) is 7.01. The van der Waals surface area contributed by atoms with Gasteiger partial charge in [0, 0.05) is 34.6 Å². The zero-order valence-electron chi connectivity index (χ0n) is 10.5. The fourth-order valence-electron chi connectivity index (χ4n) is 3.09. The monoisotopic (exact) mass is 267 g/mol. The molecule has 1 aliphatic carbocycles. The first-order valence-electron chi connectivity index (χ1n) is 6.63. The summed E-state index contributed by atoms with van der Waals surface area (Å²) in [5, 5.41) is 2.03. The molecule has 1 atom stereocenters. The van der Waals surface area contributed by atoms with Crippen molar-refractivity contribution in [2.24, 2.45) is 0 Å². The van der Waals surface area contributed by atoms with Crippen LogP contribution in [0, 0.1) is 0 Å². The zero-order chi connectivity index (χ0) is 12.8. The number of rotatable bonds is 2. The Hall–Kier alpha value is -1.73. The second-order valence-corrected chi connectivity index (χ2v) is 5.71. The summed E-state index contributed by atoms with van der Waals surface area (Å²) in [6, 6.07) is 17.0. The number of hydrogen-bond donors (Lipinski definition) is 0. The molecule has 94 valence electrons. The molecule has 1 unspecified atom stereocenters. The SMILES string of the molecule is Clc1ccc2c(ccn2CC2Cc3ccccc32)c1. The van der Waals surface area contributed by atoms with Crippen molar-refractivity contribution in [1.29, 1.82) is 0 Å². The largest absolute Gasteiger partial charge is 0.347 e. The summed E-state index contributed by atoms with van der Waals surface area (Å²) in [5.74, 6) is 0.655. The third kappa shape index (κ3) is 1.77. The smallest absolute Gasteiger partial charge is 0.0481 e. The minimum atomic E-state index is 0.655. The summed E-state index contributed by atoms with van der Waals surface area (Å²) in [5.41, 5.74) is 4.29. The van der Waals surface area contributed by atoms with Crippen molar-refractivity contribution in [3.63, 3.8) is 0 Å². The highest BCUT2D eigenvalue weighted by Crippen LogP contribution is 2.36. The van der Waals surface area contributed by atoms with Crippen LogP contribution in [0.25, 0.3) is 10.9 Å². The molecule has 0 saturated carbocycles. The van der Waals surface area contributed by atoms with Gasteiger partial charge in [0.25, 0.3) is 0 Å². The standard InChI is InChI=1S/C17H14ClN/c18-15-5-6-17-13(10-15)7-8-19(17)11-14-9-12-3-1-2-4-16(12)14/h1-8,10,14H,9,11H2. The molecule has 0 saturated heterocycles. The van der Waals surface area contributed by atoms with Gasteiger partial charge in [0.15, 0.2) is 0 Å². The Morgan fingerprint density at radius 2 is 2.00 bits per heavy atom. The third-order valence-electron chi connectivity index (χ3n) is 4.11. The molecule has 0 fully saturated rings. The predicted octanol–water partition coefficient (Wildman–Crippen LogP) is 4.63. The molecule has 0 bridgehead atoms. The van der Waals surface area contributed by atoms with Crippen LogP contribution in [0.1, 0.15) is 17.0 Å². The minimum Gasteiger partial charge on any atom is -0.347 e. The van der Waals surface area contributed by atoms with Crippen LogP contribution in [0.5, 0.6) is 0 Å². The van der Waals surface area contributed by atoms with Crippen LogP contribution in [0.15, 0.2) is 54.7 Å². The maximum absolute atomic E-state index is 6.03. The molecule has 1 aliphatic rings. The Labute approximate surface area is 117 Å². The number of hydrogen-bond acceptors (Lipinski definition) is 0. The Morgan fingerprint density at radius 1 is 1.11 bits per heavy atom. The van der Waals surface area contributed by atoms with E-state index >= 15 is 0 Å². The van der Waals surface area contributed by atoms with E-state index in [0.717, 1.165) is 11.6 Å². The summed E-state index contributed by atoms with van der Waals surface area (Å²) < 4.78 is 2.34. The molecule has 2 heteroatoms. The molecule has 19 heavy (non-hydrogen) atoms. The lowest BCUT2D eigenvalue weighted by Gasteiger charge is -2.30. The van der Waals surface area contributed by atoms with Gasteiger partial charge in [0.1, 0.15) is 0 Å². The van der Waals surface area contributed by atoms with Crippen LogP contribution in [0.2, 0.25) is 5.02 Å². The number of nitrogens with zero attached hydrogens (tertiary/aromatic N) is 1. The maximum Gasteiger partial charge on any atom is 0.0481 e. The van der Waals surface area contributed by atoms with E-state index in [1.807, 2.05) is 12.1 Å². The van der Waals surface area contributed by atoms with Crippen molar-refractivity contribution >= 4 is 22.5 Å². The topological polar surface area (TPSA) is 4.93 Å². The quantitative estimate of drug-likeness (QED) is 0.638. The van der Waals surface area contributed by atoms with Gasteiger partial charge in [-0.1, -0.05) is 35.9 Å². The van der Waals surface area contributed by atoms with Gasteiger partial charge in [-0.3, -0.25) is 0 Å². The summed E-state index contributed by atoms with van der Waals surface area (Å²) >= 11 is 6.03. The number of fused-ring (bicyclic) bond motifs is 2. The fraction of sp³-hybridized carbons (Fsp3) is 0.176. The number of benzene rings is 2. The van der Waals surface area contributed by atoms with Gasteiger partial charge in [-0.25, -0.2) is 0 Å². The zero-order valence-corrected chi connectivity index (χ0v) is 11.3. The summed E-state index contributed by atoms with van der Waals surface area (Å²) in [7, 11) is 0. The summed E-state index contributed by atoms with van der Waals surface area (Å²) in [4.78, 5) is 0. The van der Waals surface area contributed by atoms with E-state index in [-0.39, 0.29) is 0 Å². The van der Waals surface area contributed by atoms with Gasteiger partial charge >= 0.3 is 0 Å². The Kier molecular flexibility index (Phi) is 2.42. The highest BCUT2D eigenvalue weighted by atomic mass is 35.5. The first kappa shape index (κ1) is 11.1. The van der Waals surface area contributed by atoms with Crippen molar-refractivity contribution < 1.29 is 0 Å². The summed E-state index contributed by atoms with van der Waals surface area (Å²) in [6.45, 7) is 1.06. The third-order valence-corrected chi connectivity index (χ3v) is 4.35. The average Bonchev–Trinajstić information content (AvgIpc) is 2.78. The van der Waals surface area contributed by atoms with Crippen LogP contribution >= 0.6 is 11.6 Å². The average molecular weight is 268 g/mol. The molecule has 1 heterocycles. The van der Waals surface area contributed by atoms with Gasteiger partial charge < -0.3 is 4.57 Å². The van der Waals surface area contributed by atoms with Gasteiger partial charge in [-0.15, -0.1) is 0 Å². The van der Waals surface area contributed by atoms with E-state index in [0.29, 0.717) is 5.92 Å². The molecule has 2 aromatic carbocycles. The van der Waals surface area contributed by atoms with Crippen LogP contribution in [0.4, 0.5) is 0 Å². The minimum absolute atomic E-state index is 0.655. The van der Waals surface area contributed by atoms with Gasteiger partial charge in [-0.05, 0) is 41.8 Å². The van der Waals surface area contributed by atoms with Crippen LogP contribution in [-0.2, 0) is 13.0 Å². The Balaban J connectivity index is 1.67. The molecule has 4 rings (SSSR count).